The number of nitrogens with zero attached hydrogens (tertiary/aromatic N) is 1. The van der Waals surface area contributed by atoms with Crippen LogP contribution in [-0.4, -0.2) is 37.1 Å². The van der Waals surface area contributed by atoms with Crippen molar-refractivity contribution in [1.82, 2.24) is 4.90 Å². The van der Waals surface area contributed by atoms with Crippen LogP contribution in [0.2, 0.25) is 0 Å². The number of ether oxygens (including phenoxy) is 1. The summed E-state index contributed by atoms with van der Waals surface area (Å²) < 4.78 is 5.89. The molecular weight excluding hydrogens is 306 g/mol. The van der Waals surface area contributed by atoms with Crippen molar-refractivity contribution >= 4 is 29.7 Å². The second-order valence-electron chi connectivity index (χ2n) is 6.21. The zero-order valence-corrected chi connectivity index (χ0v) is 14.2. The Balaban J connectivity index is 0.00000161. The Kier molecular flexibility index (Phi) is 5.69. The Hall–Kier alpha value is -0.580. The molecule has 118 valence electrons. The Morgan fingerprint density at radius 1 is 1.33 bits per heavy atom. The molecule has 2 aliphatic rings. The van der Waals surface area contributed by atoms with Gasteiger partial charge >= 0.3 is 5.97 Å². The summed E-state index contributed by atoms with van der Waals surface area (Å²) in [5.74, 6) is 0.0305. The zero-order chi connectivity index (χ0) is 14.0. The molecule has 21 heavy (non-hydrogen) atoms. The van der Waals surface area contributed by atoms with Crippen LogP contribution in [0.4, 0.5) is 0 Å². The third kappa shape index (κ3) is 3.43. The van der Waals surface area contributed by atoms with E-state index in [1.807, 2.05) is 0 Å². The molecule has 3 nitrogen and oxygen atoms in total. The molecule has 1 aliphatic carbocycles. The van der Waals surface area contributed by atoms with E-state index in [-0.39, 0.29) is 29.9 Å². The standard InChI is InChI=1S/C16H23NO2S.ClH/c1-17-9-4-14(5-10-17)19-15(18)16(7-2-3-8-16)13-6-11-20-12-13;/h6,11-12,14H,2-5,7-10H2,1H3;1H. The Morgan fingerprint density at radius 3 is 2.57 bits per heavy atom. The number of likely N-dealkylation sites (tertiary alicyclic amines) is 1. The molecular formula is C16H24ClNO2S. The largest absolute Gasteiger partial charge is 0.462 e. The minimum absolute atomic E-state index is 0. The first kappa shape index (κ1) is 16.8. The van der Waals surface area contributed by atoms with Crippen LogP contribution >= 0.6 is 23.7 Å². The van der Waals surface area contributed by atoms with Gasteiger partial charge in [-0.3, -0.25) is 4.79 Å². The van der Waals surface area contributed by atoms with Crippen molar-refractivity contribution in [1.29, 1.82) is 0 Å². The van der Waals surface area contributed by atoms with Gasteiger partial charge in [-0.05, 0) is 55.1 Å². The second kappa shape index (κ2) is 7.12. The van der Waals surface area contributed by atoms with Crippen molar-refractivity contribution in [2.75, 3.05) is 20.1 Å². The van der Waals surface area contributed by atoms with Crippen molar-refractivity contribution in [3.63, 3.8) is 0 Å². The van der Waals surface area contributed by atoms with E-state index >= 15 is 0 Å². The van der Waals surface area contributed by atoms with Crippen LogP contribution in [0.25, 0.3) is 0 Å². The fourth-order valence-electron chi connectivity index (χ4n) is 3.49. The van der Waals surface area contributed by atoms with Gasteiger partial charge in [0.2, 0.25) is 0 Å². The lowest BCUT2D eigenvalue weighted by Gasteiger charge is -2.32. The number of thiophene rings is 1. The molecule has 0 atom stereocenters. The van der Waals surface area contributed by atoms with E-state index in [0.717, 1.165) is 51.6 Å². The maximum Gasteiger partial charge on any atom is 0.316 e. The lowest BCUT2D eigenvalue weighted by atomic mass is 9.80. The third-order valence-corrected chi connectivity index (χ3v) is 5.54. The monoisotopic (exact) mass is 329 g/mol. The highest BCUT2D eigenvalue weighted by atomic mass is 35.5. The summed E-state index contributed by atoms with van der Waals surface area (Å²) in [6.45, 7) is 2.06. The predicted molar refractivity (Wildman–Crippen MR) is 88.3 cm³/mol. The SMILES string of the molecule is CN1CCC(OC(=O)C2(c3ccsc3)CCCC2)CC1.Cl. The molecule has 0 N–H and O–H groups in total. The first-order chi connectivity index (χ1) is 9.71. The molecule has 0 bridgehead atoms. The highest BCUT2D eigenvalue weighted by Crippen LogP contribution is 2.43. The number of carbonyl (C=O) groups excluding carboxylic acids is 1. The van der Waals surface area contributed by atoms with Crippen LogP contribution < -0.4 is 0 Å². The average molecular weight is 330 g/mol. The minimum atomic E-state index is -0.344. The maximum absolute atomic E-state index is 12.8. The molecule has 0 aromatic carbocycles. The van der Waals surface area contributed by atoms with Crippen LogP contribution in [0.1, 0.15) is 44.1 Å². The van der Waals surface area contributed by atoms with Gasteiger partial charge in [0.1, 0.15) is 6.10 Å². The highest BCUT2D eigenvalue weighted by molar-refractivity contribution is 7.08. The maximum atomic E-state index is 12.8. The number of hydrogen-bond acceptors (Lipinski definition) is 4. The van der Waals surface area contributed by atoms with Crippen LogP contribution in [0.5, 0.6) is 0 Å². The molecule has 0 unspecified atom stereocenters. The van der Waals surface area contributed by atoms with Crippen molar-refractivity contribution < 1.29 is 9.53 Å². The molecule has 2 heterocycles. The van der Waals surface area contributed by atoms with Crippen LogP contribution in [-0.2, 0) is 14.9 Å². The fourth-order valence-corrected chi connectivity index (χ4v) is 4.25. The zero-order valence-electron chi connectivity index (χ0n) is 12.5. The summed E-state index contributed by atoms with van der Waals surface area (Å²) in [4.78, 5) is 15.1. The van der Waals surface area contributed by atoms with E-state index in [9.17, 15) is 4.79 Å². The van der Waals surface area contributed by atoms with Crippen molar-refractivity contribution in [2.24, 2.45) is 0 Å². The second-order valence-corrected chi connectivity index (χ2v) is 6.99. The van der Waals surface area contributed by atoms with E-state index in [4.69, 9.17) is 4.74 Å². The molecule has 0 spiro atoms. The van der Waals surface area contributed by atoms with Crippen LogP contribution in [0.3, 0.4) is 0 Å². The molecule has 5 heteroatoms. The van der Waals surface area contributed by atoms with Gasteiger partial charge in [0.15, 0.2) is 0 Å². The first-order valence-electron chi connectivity index (χ1n) is 7.63. The average Bonchev–Trinajstić information content (AvgIpc) is 3.12. The van der Waals surface area contributed by atoms with Gasteiger partial charge in [-0.1, -0.05) is 12.8 Å². The number of carbonyl (C=O) groups is 1. The summed E-state index contributed by atoms with van der Waals surface area (Å²) in [6, 6.07) is 2.10. The molecule has 1 saturated heterocycles. The summed E-state index contributed by atoms with van der Waals surface area (Å²) in [7, 11) is 2.13. The highest BCUT2D eigenvalue weighted by Gasteiger charge is 2.45. The van der Waals surface area contributed by atoms with E-state index < -0.39 is 0 Å². The van der Waals surface area contributed by atoms with Gasteiger partial charge in [0, 0.05) is 13.1 Å². The summed E-state index contributed by atoms with van der Waals surface area (Å²) in [5.41, 5.74) is 0.835. The molecule has 1 saturated carbocycles. The van der Waals surface area contributed by atoms with Crippen molar-refractivity contribution in [3.8, 4) is 0 Å². The Labute approximate surface area is 137 Å². The lowest BCUT2D eigenvalue weighted by molar-refractivity contribution is -0.158. The van der Waals surface area contributed by atoms with Gasteiger partial charge < -0.3 is 9.64 Å². The topological polar surface area (TPSA) is 29.5 Å². The number of hydrogen-bond donors (Lipinski definition) is 0. The quantitative estimate of drug-likeness (QED) is 0.793. The van der Waals surface area contributed by atoms with E-state index in [2.05, 4.69) is 28.8 Å². The van der Waals surface area contributed by atoms with E-state index in [1.165, 1.54) is 5.56 Å². The molecule has 3 rings (SSSR count). The van der Waals surface area contributed by atoms with E-state index in [0.29, 0.717) is 0 Å². The van der Waals surface area contributed by atoms with Crippen LogP contribution in [0, 0.1) is 0 Å². The number of piperidine rings is 1. The van der Waals surface area contributed by atoms with Gasteiger partial charge in [0.05, 0.1) is 5.41 Å². The minimum Gasteiger partial charge on any atom is -0.462 e. The molecule has 1 aliphatic heterocycles. The van der Waals surface area contributed by atoms with Crippen molar-refractivity contribution in [3.05, 3.63) is 22.4 Å². The van der Waals surface area contributed by atoms with Gasteiger partial charge in [-0.25, -0.2) is 0 Å². The Bertz CT molecular complexity index is 449. The first-order valence-corrected chi connectivity index (χ1v) is 8.57. The third-order valence-electron chi connectivity index (χ3n) is 4.86. The number of halogens is 1. The van der Waals surface area contributed by atoms with E-state index in [1.54, 1.807) is 11.3 Å². The summed E-state index contributed by atoms with van der Waals surface area (Å²) >= 11 is 1.67. The van der Waals surface area contributed by atoms with Crippen molar-refractivity contribution in [2.45, 2.75) is 50.0 Å². The molecule has 1 aromatic heterocycles. The number of esters is 1. The normalized spacial score (nSPS) is 22.7. The smallest absolute Gasteiger partial charge is 0.316 e. The van der Waals surface area contributed by atoms with Gasteiger partial charge in [-0.15, -0.1) is 12.4 Å². The van der Waals surface area contributed by atoms with Crippen LogP contribution in [0.15, 0.2) is 16.8 Å². The number of rotatable bonds is 3. The molecule has 1 aromatic rings. The summed E-state index contributed by atoms with van der Waals surface area (Å²) in [6.07, 6.45) is 6.25. The Morgan fingerprint density at radius 2 is 2.00 bits per heavy atom. The summed E-state index contributed by atoms with van der Waals surface area (Å²) in [5, 5.41) is 4.19. The molecule has 0 radical (unpaired) electrons. The fraction of sp³-hybridized carbons (Fsp3) is 0.688. The molecule has 0 amide bonds. The molecule has 2 fully saturated rings. The predicted octanol–water partition coefficient (Wildman–Crippen LogP) is 3.62. The van der Waals surface area contributed by atoms with Gasteiger partial charge in [-0.2, -0.15) is 11.3 Å². The lowest BCUT2D eigenvalue weighted by Crippen LogP contribution is -2.40. The van der Waals surface area contributed by atoms with Gasteiger partial charge in [0.25, 0.3) is 0 Å².